The van der Waals surface area contributed by atoms with Gasteiger partial charge in [0.1, 0.15) is 11.4 Å². The van der Waals surface area contributed by atoms with E-state index in [0.29, 0.717) is 0 Å². The normalized spacial score (nSPS) is 18.1. The van der Waals surface area contributed by atoms with Crippen LogP contribution in [0.15, 0.2) is 144 Å². The summed E-state index contributed by atoms with van der Waals surface area (Å²) in [6.07, 6.45) is 5.42. The zero-order chi connectivity index (χ0) is 34.1. The molecule has 0 saturated carbocycles. The lowest BCUT2D eigenvalue weighted by Gasteiger charge is -2.44. The predicted octanol–water partition coefficient (Wildman–Crippen LogP) is 10.2. The van der Waals surface area contributed by atoms with Gasteiger partial charge in [-0.2, -0.15) is 0 Å². The van der Waals surface area contributed by atoms with Crippen molar-refractivity contribution in [3.05, 3.63) is 157 Å². The smallest absolute Gasteiger partial charge is 0.319 e. The fourth-order valence-corrected chi connectivity index (χ4v) is 13.0. The van der Waals surface area contributed by atoms with Crippen LogP contribution in [0.25, 0.3) is 22.6 Å². The standard InChI is InChI=1S/C45H46N2O2Si/c1-45(2,3)50(35-23-12-6-13-24-35,36-25-14-7-15-26-36)49-41-31-17-27-37-38(41)28-16-29-39(37)47-32-18-30-40(47)44-46-42(33-19-8-4-9-20-33)43(48-44)34-21-10-5-11-22-34/h4-15,17,19-27,31,39-40H,16,18,28-30,32H2,1-3H3/t39-,40-/m1/s1. The summed E-state index contributed by atoms with van der Waals surface area (Å²) in [4.78, 5) is 7.95. The van der Waals surface area contributed by atoms with E-state index in [-0.39, 0.29) is 17.1 Å². The van der Waals surface area contributed by atoms with Crippen LogP contribution in [0.2, 0.25) is 5.04 Å². The summed E-state index contributed by atoms with van der Waals surface area (Å²) < 4.78 is 14.5. The number of hydrogen-bond acceptors (Lipinski definition) is 4. The number of nitrogens with zero attached hydrogens (tertiary/aromatic N) is 2. The third kappa shape index (κ3) is 5.82. The van der Waals surface area contributed by atoms with Crippen LogP contribution in [-0.4, -0.2) is 24.7 Å². The average Bonchev–Trinajstić information content (AvgIpc) is 3.83. The van der Waals surface area contributed by atoms with E-state index in [0.717, 1.165) is 72.9 Å². The van der Waals surface area contributed by atoms with E-state index < -0.39 is 8.32 Å². The van der Waals surface area contributed by atoms with E-state index in [1.807, 2.05) is 6.07 Å². The van der Waals surface area contributed by atoms with Crippen LogP contribution in [0, 0.1) is 0 Å². The third-order valence-electron chi connectivity index (χ3n) is 10.8. The highest BCUT2D eigenvalue weighted by Crippen LogP contribution is 2.48. The van der Waals surface area contributed by atoms with Gasteiger partial charge in [-0.05, 0) is 71.3 Å². The van der Waals surface area contributed by atoms with Crippen LogP contribution in [0.1, 0.15) is 75.6 Å². The van der Waals surface area contributed by atoms with Crippen molar-refractivity contribution in [3.8, 4) is 28.3 Å². The second-order valence-corrected chi connectivity index (χ2v) is 19.1. The van der Waals surface area contributed by atoms with E-state index in [1.54, 1.807) is 0 Å². The van der Waals surface area contributed by atoms with E-state index in [9.17, 15) is 0 Å². The van der Waals surface area contributed by atoms with Crippen LogP contribution in [0.3, 0.4) is 0 Å². The first-order valence-corrected chi connectivity index (χ1v) is 20.1. The van der Waals surface area contributed by atoms with Crippen molar-refractivity contribution in [1.29, 1.82) is 0 Å². The Morgan fingerprint density at radius 3 is 1.86 bits per heavy atom. The fraction of sp³-hybridized carbons (Fsp3) is 0.267. The zero-order valence-electron chi connectivity index (χ0n) is 29.4. The van der Waals surface area contributed by atoms with E-state index in [1.165, 1.54) is 21.5 Å². The Balaban J connectivity index is 1.19. The number of aromatic nitrogens is 1. The Morgan fingerprint density at radius 2 is 1.24 bits per heavy atom. The molecule has 0 N–H and O–H groups in total. The molecule has 1 fully saturated rings. The number of oxazole rings is 1. The highest BCUT2D eigenvalue weighted by molar-refractivity contribution is 7.00. The molecule has 1 aliphatic carbocycles. The van der Waals surface area contributed by atoms with Crippen molar-refractivity contribution in [3.63, 3.8) is 0 Å². The summed E-state index contributed by atoms with van der Waals surface area (Å²) in [7, 11) is -2.78. The van der Waals surface area contributed by atoms with E-state index >= 15 is 0 Å². The molecule has 6 aromatic rings. The second-order valence-electron chi connectivity index (χ2n) is 14.9. The monoisotopic (exact) mass is 674 g/mol. The average molecular weight is 675 g/mol. The molecule has 0 radical (unpaired) electrons. The molecule has 8 rings (SSSR count). The lowest BCUT2D eigenvalue weighted by atomic mass is 9.86. The first-order valence-electron chi connectivity index (χ1n) is 18.2. The van der Waals surface area contributed by atoms with Gasteiger partial charge in [-0.25, -0.2) is 4.98 Å². The lowest BCUT2D eigenvalue weighted by molar-refractivity contribution is 0.144. The summed E-state index contributed by atoms with van der Waals surface area (Å²) in [5.74, 6) is 2.72. The highest BCUT2D eigenvalue weighted by Gasteiger charge is 2.52. The Kier molecular flexibility index (Phi) is 8.80. The van der Waals surface area contributed by atoms with E-state index in [4.69, 9.17) is 13.8 Å². The SMILES string of the molecule is CC(C)(C)[Si](Oc1cccc2c1CCC[C@H]2N1CCC[C@@H]1c1nc(-c2ccccc2)c(-c2ccccc2)o1)(c1ccccc1)c1ccccc1. The maximum Gasteiger partial charge on any atom is 0.319 e. The summed E-state index contributed by atoms with van der Waals surface area (Å²) in [5.41, 5.74) is 5.83. The van der Waals surface area contributed by atoms with Gasteiger partial charge in [0.2, 0.25) is 5.89 Å². The molecule has 50 heavy (non-hydrogen) atoms. The van der Waals surface area contributed by atoms with Crippen LogP contribution in [0.4, 0.5) is 0 Å². The van der Waals surface area contributed by atoms with Gasteiger partial charge >= 0.3 is 8.32 Å². The molecule has 252 valence electrons. The number of hydrogen-bond donors (Lipinski definition) is 0. The second kappa shape index (κ2) is 13.5. The Hall–Kier alpha value is -4.71. The quantitative estimate of drug-likeness (QED) is 0.151. The molecule has 1 aromatic heterocycles. The van der Waals surface area contributed by atoms with Crippen molar-refractivity contribution in [2.45, 2.75) is 70.0 Å². The maximum atomic E-state index is 7.67. The molecule has 5 heteroatoms. The molecule has 1 aliphatic heterocycles. The highest BCUT2D eigenvalue weighted by atomic mass is 28.4. The van der Waals surface area contributed by atoms with Gasteiger partial charge in [-0.15, -0.1) is 0 Å². The maximum absolute atomic E-state index is 7.67. The molecule has 5 aromatic carbocycles. The van der Waals surface area contributed by atoms with Crippen molar-refractivity contribution < 1.29 is 8.84 Å². The zero-order valence-corrected chi connectivity index (χ0v) is 30.4. The van der Waals surface area contributed by atoms with Gasteiger partial charge < -0.3 is 8.84 Å². The van der Waals surface area contributed by atoms with Gasteiger partial charge in [-0.1, -0.05) is 154 Å². The summed E-state index contributed by atoms with van der Waals surface area (Å²) >= 11 is 0. The van der Waals surface area contributed by atoms with Crippen LogP contribution in [0.5, 0.6) is 5.75 Å². The van der Waals surface area contributed by atoms with Crippen LogP contribution < -0.4 is 14.8 Å². The van der Waals surface area contributed by atoms with E-state index in [2.05, 4.69) is 159 Å². The molecular weight excluding hydrogens is 629 g/mol. The van der Waals surface area contributed by atoms with Gasteiger partial charge in [0.05, 0.1) is 6.04 Å². The fourth-order valence-electron chi connectivity index (χ4n) is 8.53. The van der Waals surface area contributed by atoms with Gasteiger partial charge in [0, 0.05) is 17.2 Å². The third-order valence-corrected chi connectivity index (χ3v) is 15.8. The van der Waals surface area contributed by atoms with Crippen molar-refractivity contribution in [2.24, 2.45) is 0 Å². The summed E-state index contributed by atoms with van der Waals surface area (Å²) in [6, 6.07) is 50.1. The molecule has 0 bridgehead atoms. The van der Waals surface area contributed by atoms with Crippen molar-refractivity contribution >= 4 is 18.7 Å². The molecule has 1 saturated heterocycles. The molecule has 2 heterocycles. The molecule has 0 amide bonds. The minimum atomic E-state index is -2.78. The Labute approximate surface area is 297 Å². The van der Waals surface area contributed by atoms with Gasteiger partial charge in [0.25, 0.3) is 0 Å². The Bertz CT molecular complexity index is 1940. The predicted molar refractivity (Wildman–Crippen MR) is 206 cm³/mol. The lowest BCUT2D eigenvalue weighted by Crippen LogP contribution is -2.69. The molecule has 2 atom stereocenters. The summed E-state index contributed by atoms with van der Waals surface area (Å²) in [6.45, 7) is 8.10. The van der Waals surface area contributed by atoms with Crippen LogP contribution >= 0.6 is 0 Å². The Morgan fingerprint density at radius 1 is 0.660 bits per heavy atom. The molecule has 2 aliphatic rings. The first-order chi connectivity index (χ1) is 24.4. The van der Waals surface area contributed by atoms with Crippen molar-refractivity contribution in [2.75, 3.05) is 6.54 Å². The first kappa shape index (κ1) is 32.5. The molecule has 0 spiro atoms. The number of benzene rings is 5. The van der Waals surface area contributed by atoms with Crippen LogP contribution in [-0.2, 0) is 6.42 Å². The molecule has 4 nitrogen and oxygen atoms in total. The van der Waals surface area contributed by atoms with Crippen molar-refractivity contribution in [1.82, 2.24) is 9.88 Å². The number of likely N-dealkylation sites (tertiary alicyclic amines) is 1. The topological polar surface area (TPSA) is 38.5 Å². The molecule has 0 unspecified atom stereocenters. The number of rotatable bonds is 8. The minimum absolute atomic E-state index is 0.107. The minimum Gasteiger partial charge on any atom is -0.534 e. The van der Waals surface area contributed by atoms with Gasteiger partial charge in [0.15, 0.2) is 5.76 Å². The largest absolute Gasteiger partial charge is 0.534 e. The molecular formula is C45H46N2O2Si. The number of fused-ring (bicyclic) bond motifs is 1. The van der Waals surface area contributed by atoms with Gasteiger partial charge in [-0.3, -0.25) is 4.90 Å². The summed E-state index contributed by atoms with van der Waals surface area (Å²) in [5, 5.41) is 2.50.